The first kappa shape index (κ1) is 13.5. The fraction of sp³-hybridized carbons (Fsp3) is 0.923. The molecule has 1 aliphatic rings. The number of piperidine rings is 1. The van der Waals surface area contributed by atoms with E-state index in [0.717, 1.165) is 13.0 Å². The fourth-order valence-electron chi connectivity index (χ4n) is 2.91. The second-order valence-electron chi connectivity index (χ2n) is 4.92. The molecular formula is C13H26N2O. The van der Waals surface area contributed by atoms with Crippen molar-refractivity contribution in [1.82, 2.24) is 9.80 Å². The zero-order valence-electron chi connectivity index (χ0n) is 11.2. The predicted octanol–water partition coefficient (Wildman–Crippen LogP) is 1.98. The highest BCUT2D eigenvalue weighted by Crippen LogP contribution is 2.25. The van der Waals surface area contributed by atoms with Crippen LogP contribution in [0.3, 0.4) is 0 Å². The van der Waals surface area contributed by atoms with E-state index in [9.17, 15) is 4.79 Å². The maximum absolute atomic E-state index is 11.6. The predicted molar refractivity (Wildman–Crippen MR) is 67.4 cm³/mol. The van der Waals surface area contributed by atoms with Crippen LogP contribution in [0.25, 0.3) is 0 Å². The first-order chi connectivity index (χ1) is 7.60. The molecule has 0 spiro atoms. The normalized spacial score (nSPS) is 20.8. The molecule has 1 fully saturated rings. The van der Waals surface area contributed by atoms with E-state index in [2.05, 4.69) is 30.7 Å². The molecule has 0 radical (unpaired) electrons. The van der Waals surface area contributed by atoms with Crippen LogP contribution in [0.4, 0.5) is 0 Å². The topological polar surface area (TPSA) is 23.6 Å². The number of hydrogen-bond acceptors (Lipinski definition) is 2. The third-order valence-electron chi connectivity index (χ3n) is 3.87. The van der Waals surface area contributed by atoms with Crippen LogP contribution < -0.4 is 0 Å². The highest BCUT2D eigenvalue weighted by molar-refractivity contribution is 5.73. The molecule has 1 rings (SSSR count). The zero-order valence-corrected chi connectivity index (χ0v) is 11.2. The van der Waals surface area contributed by atoms with E-state index in [4.69, 9.17) is 0 Å². The average Bonchev–Trinajstić information content (AvgIpc) is 2.26. The van der Waals surface area contributed by atoms with Gasteiger partial charge in [-0.3, -0.25) is 4.79 Å². The summed E-state index contributed by atoms with van der Waals surface area (Å²) in [7, 11) is 2.18. The minimum atomic E-state index is 0.230. The number of amides is 1. The Labute approximate surface area is 99.8 Å². The molecule has 1 aliphatic heterocycles. The molecular weight excluding hydrogens is 200 g/mol. The minimum absolute atomic E-state index is 0.230. The number of carbonyl (C=O) groups is 1. The fourth-order valence-corrected chi connectivity index (χ4v) is 2.91. The molecule has 0 aromatic carbocycles. The lowest BCUT2D eigenvalue weighted by Gasteiger charge is -2.39. The van der Waals surface area contributed by atoms with Crippen molar-refractivity contribution in [3.63, 3.8) is 0 Å². The third-order valence-corrected chi connectivity index (χ3v) is 3.87. The maximum atomic E-state index is 11.6. The van der Waals surface area contributed by atoms with Gasteiger partial charge in [-0.05, 0) is 52.2 Å². The van der Waals surface area contributed by atoms with Crippen molar-refractivity contribution in [2.75, 3.05) is 26.7 Å². The second-order valence-corrected chi connectivity index (χ2v) is 4.92. The summed E-state index contributed by atoms with van der Waals surface area (Å²) in [6.07, 6.45) is 3.55. The van der Waals surface area contributed by atoms with Crippen molar-refractivity contribution in [3.05, 3.63) is 0 Å². The van der Waals surface area contributed by atoms with Crippen molar-refractivity contribution in [1.29, 1.82) is 0 Å². The molecule has 1 heterocycles. The van der Waals surface area contributed by atoms with Crippen LogP contribution in [0.15, 0.2) is 0 Å². The Morgan fingerprint density at radius 2 is 1.94 bits per heavy atom. The largest absolute Gasteiger partial charge is 0.340 e. The van der Waals surface area contributed by atoms with E-state index < -0.39 is 0 Å². The van der Waals surface area contributed by atoms with Crippen LogP contribution in [-0.2, 0) is 4.79 Å². The summed E-state index contributed by atoms with van der Waals surface area (Å²) >= 11 is 0. The van der Waals surface area contributed by atoms with E-state index in [-0.39, 0.29) is 5.91 Å². The Bertz CT molecular complexity index is 222. The molecule has 16 heavy (non-hydrogen) atoms. The summed E-state index contributed by atoms with van der Waals surface area (Å²) in [5.74, 6) is 0.929. The van der Waals surface area contributed by atoms with Crippen LogP contribution in [0.5, 0.6) is 0 Å². The van der Waals surface area contributed by atoms with Gasteiger partial charge in [0.1, 0.15) is 0 Å². The van der Waals surface area contributed by atoms with Crippen molar-refractivity contribution in [2.45, 2.75) is 46.1 Å². The Kier molecular flexibility index (Phi) is 5.26. The van der Waals surface area contributed by atoms with Gasteiger partial charge < -0.3 is 9.80 Å². The quantitative estimate of drug-likeness (QED) is 0.732. The third kappa shape index (κ3) is 3.21. The van der Waals surface area contributed by atoms with Crippen LogP contribution in [0.1, 0.15) is 40.0 Å². The monoisotopic (exact) mass is 226 g/mol. The lowest BCUT2D eigenvalue weighted by atomic mass is 9.87. The SMILES string of the molecule is CCC(C1CCN(C)CC1)N(CC)C(C)=O. The summed E-state index contributed by atoms with van der Waals surface area (Å²) < 4.78 is 0. The van der Waals surface area contributed by atoms with Crippen molar-refractivity contribution >= 4 is 5.91 Å². The molecule has 0 saturated carbocycles. The van der Waals surface area contributed by atoms with Crippen LogP contribution in [0, 0.1) is 5.92 Å². The van der Waals surface area contributed by atoms with E-state index >= 15 is 0 Å². The summed E-state index contributed by atoms with van der Waals surface area (Å²) in [6, 6.07) is 0.455. The Morgan fingerprint density at radius 1 is 1.38 bits per heavy atom. The molecule has 0 aliphatic carbocycles. The summed E-state index contributed by atoms with van der Waals surface area (Å²) in [4.78, 5) is 16.0. The summed E-state index contributed by atoms with van der Waals surface area (Å²) in [5, 5.41) is 0. The highest BCUT2D eigenvalue weighted by atomic mass is 16.2. The molecule has 3 heteroatoms. The molecule has 1 unspecified atom stereocenters. The molecule has 0 aromatic rings. The zero-order chi connectivity index (χ0) is 12.1. The van der Waals surface area contributed by atoms with Crippen LogP contribution in [0.2, 0.25) is 0 Å². The molecule has 1 atom stereocenters. The van der Waals surface area contributed by atoms with Gasteiger partial charge in [-0.15, -0.1) is 0 Å². The van der Waals surface area contributed by atoms with Gasteiger partial charge in [0.25, 0.3) is 0 Å². The Balaban J connectivity index is 2.62. The lowest BCUT2D eigenvalue weighted by Crippen LogP contribution is -2.46. The first-order valence-electron chi connectivity index (χ1n) is 6.55. The lowest BCUT2D eigenvalue weighted by molar-refractivity contribution is -0.132. The Hall–Kier alpha value is -0.570. The number of likely N-dealkylation sites (tertiary alicyclic amines) is 1. The van der Waals surface area contributed by atoms with Gasteiger partial charge in [0.05, 0.1) is 0 Å². The van der Waals surface area contributed by atoms with Gasteiger partial charge in [0.15, 0.2) is 0 Å². The number of hydrogen-bond donors (Lipinski definition) is 0. The average molecular weight is 226 g/mol. The molecule has 94 valence electrons. The van der Waals surface area contributed by atoms with E-state index in [1.807, 2.05) is 0 Å². The van der Waals surface area contributed by atoms with Crippen LogP contribution >= 0.6 is 0 Å². The molecule has 1 saturated heterocycles. The van der Waals surface area contributed by atoms with Gasteiger partial charge in [-0.25, -0.2) is 0 Å². The van der Waals surface area contributed by atoms with Crippen LogP contribution in [-0.4, -0.2) is 48.4 Å². The van der Waals surface area contributed by atoms with Crippen molar-refractivity contribution < 1.29 is 4.79 Å². The number of rotatable bonds is 4. The van der Waals surface area contributed by atoms with E-state index in [0.29, 0.717) is 12.0 Å². The summed E-state index contributed by atoms with van der Waals surface area (Å²) in [6.45, 7) is 9.18. The van der Waals surface area contributed by atoms with Crippen molar-refractivity contribution in [2.24, 2.45) is 5.92 Å². The van der Waals surface area contributed by atoms with Gasteiger partial charge in [-0.1, -0.05) is 6.92 Å². The van der Waals surface area contributed by atoms with Gasteiger partial charge in [0, 0.05) is 19.5 Å². The number of nitrogens with zero attached hydrogens (tertiary/aromatic N) is 2. The van der Waals surface area contributed by atoms with E-state index in [1.165, 1.54) is 25.9 Å². The number of carbonyl (C=O) groups excluding carboxylic acids is 1. The second kappa shape index (κ2) is 6.24. The van der Waals surface area contributed by atoms with E-state index in [1.54, 1.807) is 6.92 Å². The molecule has 3 nitrogen and oxygen atoms in total. The van der Waals surface area contributed by atoms with Gasteiger partial charge >= 0.3 is 0 Å². The molecule has 1 amide bonds. The van der Waals surface area contributed by atoms with Gasteiger partial charge in [-0.2, -0.15) is 0 Å². The highest BCUT2D eigenvalue weighted by Gasteiger charge is 2.29. The van der Waals surface area contributed by atoms with Crippen molar-refractivity contribution in [3.8, 4) is 0 Å². The summed E-state index contributed by atoms with van der Waals surface area (Å²) in [5.41, 5.74) is 0. The standard InChI is InChI=1S/C13H26N2O/c1-5-13(15(6-2)11(3)16)12-7-9-14(4)10-8-12/h12-13H,5-10H2,1-4H3. The van der Waals surface area contributed by atoms with Gasteiger partial charge in [0.2, 0.25) is 5.91 Å². The minimum Gasteiger partial charge on any atom is -0.340 e. The molecule has 0 N–H and O–H groups in total. The Morgan fingerprint density at radius 3 is 2.31 bits per heavy atom. The molecule has 0 bridgehead atoms. The maximum Gasteiger partial charge on any atom is 0.219 e. The molecule has 0 aromatic heterocycles. The first-order valence-corrected chi connectivity index (χ1v) is 6.55. The smallest absolute Gasteiger partial charge is 0.219 e.